The number of ether oxygens (including phenoxy) is 2. The van der Waals surface area contributed by atoms with Gasteiger partial charge in [0.25, 0.3) is 0 Å². The van der Waals surface area contributed by atoms with E-state index >= 15 is 0 Å². The molecule has 172 valence electrons. The Balaban J connectivity index is 1.39. The van der Waals surface area contributed by atoms with Gasteiger partial charge in [-0.15, -0.1) is 0 Å². The number of hydrogen-bond donors (Lipinski definition) is 3. The molecule has 1 aliphatic rings. The van der Waals surface area contributed by atoms with Crippen molar-refractivity contribution in [1.29, 1.82) is 0 Å². The molecule has 4 aromatic rings. The van der Waals surface area contributed by atoms with Gasteiger partial charge in [0, 0.05) is 42.8 Å². The summed E-state index contributed by atoms with van der Waals surface area (Å²) in [6, 6.07) is 6.80. The molecule has 0 unspecified atom stereocenters. The summed E-state index contributed by atoms with van der Waals surface area (Å²) < 4.78 is 12.5. The normalized spacial score (nSPS) is 14.7. The van der Waals surface area contributed by atoms with E-state index in [1.165, 1.54) is 4.57 Å². The van der Waals surface area contributed by atoms with Gasteiger partial charge in [0.05, 0.1) is 36.2 Å². The first-order valence-corrected chi connectivity index (χ1v) is 10.9. The maximum Gasteiger partial charge on any atom is 0.348 e. The number of phenolic OH excluding ortho intramolecular Hbond substituents is 1. The lowest BCUT2D eigenvalue weighted by Gasteiger charge is -2.26. The molecule has 3 aromatic heterocycles. The number of nitrogens with one attached hydrogen (secondary N) is 2. The summed E-state index contributed by atoms with van der Waals surface area (Å²) in [5.41, 5.74) is 2.08. The van der Waals surface area contributed by atoms with Crippen molar-refractivity contribution in [1.82, 2.24) is 34.8 Å². The highest BCUT2D eigenvalue weighted by Crippen LogP contribution is 2.33. The first kappa shape index (κ1) is 21.2. The molecule has 0 amide bonds. The van der Waals surface area contributed by atoms with Crippen molar-refractivity contribution in [2.24, 2.45) is 0 Å². The summed E-state index contributed by atoms with van der Waals surface area (Å²) in [6.07, 6.45) is 2.31. The Labute approximate surface area is 189 Å². The second kappa shape index (κ2) is 9.04. The van der Waals surface area contributed by atoms with Crippen LogP contribution in [0.2, 0.25) is 0 Å². The van der Waals surface area contributed by atoms with Crippen LogP contribution in [0.3, 0.4) is 0 Å². The van der Waals surface area contributed by atoms with Gasteiger partial charge < -0.3 is 14.6 Å². The zero-order valence-corrected chi connectivity index (χ0v) is 18.2. The van der Waals surface area contributed by atoms with Gasteiger partial charge in [-0.2, -0.15) is 10.2 Å². The Kier molecular flexibility index (Phi) is 5.80. The van der Waals surface area contributed by atoms with Crippen LogP contribution in [0.4, 0.5) is 0 Å². The van der Waals surface area contributed by atoms with Crippen LogP contribution < -0.4 is 10.4 Å². The van der Waals surface area contributed by atoms with Crippen LogP contribution in [0.1, 0.15) is 12.6 Å². The Morgan fingerprint density at radius 2 is 2.03 bits per heavy atom. The number of H-pyrrole nitrogens is 2. The lowest BCUT2D eigenvalue weighted by atomic mass is 10.1. The third kappa shape index (κ3) is 4.20. The minimum atomic E-state index is -0.435. The lowest BCUT2D eigenvalue weighted by molar-refractivity contribution is 0.0320. The van der Waals surface area contributed by atoms with Crippen LogP contribution in [0.5, 0.6) is 11.6 Å². The number of aromatic amines is 2. The van der Waals surface area contributed by atoms with Gasteiger partial charge in [0.1, 0.15) is 12.4 Å². The van der Waals surface area contributed by atoms with E-state index in [9.17, 15) is 9.90 Å². The molecule has 11 nitrogen and oxygen atoms in total. The van der Waals surface area contributed by atoms with Crippen molar-refractivity contribution in [3.63, 3.8) is 0 Å². The number of aryl methyl sites for hydroxylation is 1. The van der Waals surface area contributed by atoms with E-state index in [4.69, 9.17) is 9.47 Å². The highest BCUT2D eigenvalue weighted by molar-refractivity contribution is 5.88. The van der Waals surface area contributed by atoms with Crippen molar-refractivity contribution in [3.05, 3.63) is 46.6 Å². The number of nitrogens with zero attached hydrogens (tertiary/aromatic N) is 5. The van der Waals surface area contributed by atoms with E-state index in [0.29, 0.717) is 29.3 Å². The van der Waals surface area contributed by atoms with Crippen LogP contribution in [0.15, 0.2) is 35.3 Å². The minimum absolute atomic E-state index is 0.0204. The fourth-order valence-electron chi connectivity index (χ4n) is 3.96. The maximum absolute atomic E-state index is 12.6. The minimum Gasteiger partial charge on any atom is -0.507 e. The van der Waals surface area contributed by atoms with Gasteiger partial charge in [-0.05, 0) is 18.6 Å². The van der Waals surface area contributed by atoms with Gasteiger partial charge >= 0.3 is 5.69 Å². The lowest BCUT2D eigenvalue weighted by Crippen LogP contribution is -2.38. The van der Waals surface area contributed by atoms with E-state index in [-0.39, 0.29) is 11.6 Å². The Bertz CT molecular complexity index is 1300. The largest absolute Gasteiger partial charge is 0.507 e. The zero-order chi connectivity index (χ0) is 22.8. The fraction of sp³-hybridized carbons (Fsp3) is 0.364. The van der Waals surface area contributed by atoms with E-state index in [1.807, 2.05) is 6.92 Å². The standard InChI is InChI=1S/C22H25N7O4/c1-2-17-15-11-16(19(30)12-18(15)25-24-17)21-26-27-22(31)29(21)14-3-4-20(23-13-14)33-10-7-28-5-8-32-9-6-28/h3-4,11-13,30H,2,5-10H2,1H3,(H,24,25)(H,27,31). The average Bonchev–Trinajstić information content (AvgIpc) is 3.42. The van der Waals surface area contributed by atoms with Crippen LogP contribution >= 0.6 is 0 Å². The molecule has 11 heteroatoms. The molecule has 5 rings (SSSR count). The number of aromatic hydroxyl groups is 1. The van der Waals surface area contributed by atoms with Crippen molar-refractivity contribution in [3.8, 4) is 28.7 Å². The third-order valence-electron chi connectivity index (χ3n) is 5.76. The van der Waals surface area contributed by atoms with Crippen molar-refractivity contribution < 1.29 is 14.6 Å². The second-order valence-corrected chi connectivity index (χ2v) is 7.79. The number of phenols is 1. The highest BCUT2D eigenvalue weighted by Gasteiger charge is 2.19. The Hall–Kier alpha value is -3.70. The number of aromatic nitrogens is 6. The van der Waals surface area contributed by atoms with E-state index in [2.05, 4.69) is 30.3 Å². The van der Waals surface area contributed by atoms with Gasteiger partial charge in [0.2, 0.25) is 5.88 Å². The molecule has 1 saturated heterocycles. The smallest absolute Gasteiger partial charge is 0.348 e. The molecule has 1 aromatic carbocycles. The van der Waals surface area contributed by atoms with Crippen molar-refractivity contribution >= 4 is 10.9 Å². The molecule has 0 bridgehead atoms. The maximum atomic E-state index is 12.6. The Morgan fingerprint density at radius 3 is 2.79 bits per heavy atom. The van der Waals surface area contributed by atoms with E-state index < -0.39 is 5.69 Å². The molecule has 33 heavy (non-hydrogen) atoms. The van der Waals surface area contributed by atoms with Crippen LogP contribution in [-0.4, -0.2) is 79.4 Å². The quantitative estimate of drug-likeness (QED) is 0.385. The number of hydrogen-bond acceptors (Lipinski definition) is 8. The SMILES string of the molecule is CCc1[nH]nc2cc(O)c(-c3n[nH]c(=O)n3-c3ccc(OCCN4CCOCC4)nc3)cc12. The van der Waals surface area contributed by atoms with Crippen LogP contribution in [0.25, 0.3) is 28.0 Å². The molecule has 0 atom stereocenters. The highest BCUT2D eigenvalue weighted by atomic mass is 16.5. The second-order valence-electron chi connectivity index (χ2n) is 7.79. The Morgan fingerprint density at radius 1 is 1.18 bits per heavy atom. The first-order valence-electron chi connectivity index (χ1n) is 10.9. The molecule has 0 spiro atoms. The molecule has 0 radical (unpaired) electrons. The van der Waals surface area contributed by atoms with E-state index in [0.717, 1.165) is 50.3 Å². The molecular formula is C22H25N7O4. The fourth-order valence-corrected chi connectivity index (χ4v) is 3.96. The van der Waals surface area contributed by atoms with Gasteiger partial charge in [-0.3, -0.25) is 10.00 Å². The summed E-state index contributed by atoms with van der Waals surface area (Å²) in [4.78, 5) is 19.2. The number of benzene rings is 1. The summed E-state index contributed by atoms with van der Waals surface area (Å²) in [7, 11) is 0. The molecule has 4 heterocycles. The molecule has 0 aliphatic carbocycles. The third-order valence-corrected chi connectivity index (χ3v) is 5.76. The summed E-state index contributed by atoms with van der Waals surface area (Å²) in [6.45, 7) is 6.63. The zero-order valence-electron chi connectivity index (χ0n) is 18.2. The van der Waals surface area contributed by atoms with Gasteiger partial charge in [-0.1, -0.05) is 6.92 Å². The number of morpholine rings is 1. The van der Waals surface area contributed by atoms with Crippen LogP contribution in [0, 0.1) is 0 Å². The summed E-state index contributed by atoms with van der Waals surface area (Å²) in [5.74, 6) is 0.735. The van der Waals surface area contributed by atoms with Crippen LogP contribution in [-0.2, 0) is 11.2 Å². The van der Waals surface area contributed by atoms with E-state index in [1.54, 1.807) is 30.5 Å². The first-order chi connectivity index (χ1) is 16.1. The average molecular weight is 451 g/mol. The molecule has 3 N–H and O–H groups in total. The molecule has 1 aliphatic heterocycles. The number of pyridine rings is 1. The number of rotatable bonds is 7. The monoisotopic (exact) mass is 451 g/mol. The topological polar surface area (TPSA) is 134 Å². The van der Waals surface area contributed by atoms with Crippen molar-refractivity contribution in [2.45, 2.75) is 13.3 Å². The number of fused-ring (bicyclic) bond motifs is 1. The van der Waals surface area contributed by atoms with Gasteiger partial charge in [-0.25, -0.2) is 19.4 Å². The molecule has 1 fully saturated rings. The summed E-state index contributed by atoms with van der Waals surface area (Å²) in [5, 5.41) is 25.3. The van der Waals surface area contributed by atoms with Crippen molar-refractivity contribution in [2.75, 3.05) is 39.5 Å². The van der Waals surface area contributed by atoms with Gasteiger partial charge in [0.15, 0.2) is 5.82 Å². The predicted molar refractivity (Wildman–Crippen MR) is 121 cm³/mol. The molecule has 0 saturated carbocycles. The predicted octanol–water partition coefficient (Wildman–Crippen LogP) is 1.48. The molecular weight excluding hydrogens is 426 g/mol. The summed E-state index contributed by atoms with van der Waals surface area (Å²) >= 11 is 0.